The molecule has 0 saturated carbocycles. The maximum Gasteiger partial charge on any atom is 0.235 e. The normalized spacial score (nSPS) is 16.5. The van der Waals surface area contributed by atoms with E-state index in [1.54, 1.807) is 23.5 Å². The van der Waals surface area contributed by atoms with Gasteiger partial charge in [-0.2, -0.15) is 11.3 Å². The number of anilines is 2. The smallest absolute Gasteiger partial charge is 0.235 e. The first-order valence-electron chi connectivity index (χ1n) is 7.38. The van der Waals surface area contributed by atoms with E-state index in [4.69, 9.17) is 0 Å². The monoisotopic (exact) mass is 350 g/mol. The van der Waals surface area contributed by atoms with Crippen LogP contribution in [0.2, 0.25) is 0 Å². The summed E-state index contributed by atoms with van der Waals surface area (Å²) in [5.74, 6) is 0.0775. The molecule has 23 heavy (non-hydrogen) atoms. The Morgan fingerprint density at radius 3 is 2.83 bits per heavy atom. The van der Waals surface area contributed by atoms with Crippen molar-refractivity contribution in [2.24, 2.45) is 0 Å². The van der Waals surface area contributed by atoms with Gasteiger partial charge >= 0.3 is 0 Å². The average Bonchev–Trinajstić information content (AvgIpc) is 3.10. The average molecular weight is 350 g/mol. The lowest BCUT2D eigenvalue weighted by Crippen LogP contribution is -2.25. The van der Waals surface area contributed by atoms with Crippen molar-refractivity contribution in [1.82, 2.24) is 0 Å². The number of rotatable bonds is 4. The van der Waals surface area contributed by atoms with Crippen molar-refractivity contribution >= 4 is 38.6 Å². The summed E-state index contributed by atoms with van der Waals surface area (Å²) >= 11 is 1.56. The number of thiophene rings is 1. The SMILES string of the molecule is Cc1ccc(N2CCCS2(=O)=O)cc1NC(=O)Cc1ccsc1. The standard InChI is InChI=1S/C16H18N2O3S2/c1-12-3-4-14(18-6-2-8-23(18,20)21)10-15(12)17-16(19)9-13-5-7-22-11-13/h3-5,7,10-11H,2,6,8-9H2,1H3,(H,17,19). The Labute approximate surface area is 140 Å². The first-order chi connectivity index (χ1) is 11.0. The van der Waals surface area contributed by atoms with Crippen LogP contribution < -0.4 is 9.62 Å². The van der Waals surface area contributed by atoms with Gasteiger partial charge in [0.1, 0.15) is 0 Å². The number of amides is 1. The Kier molecular flexibility index (Phi) is 4.41. The number of sulfonamides is 1. The van der Waals surface area contributed by atoms with Crippen LogP contribution in [-0.4, -0.2) is 26.6 Å². The van der Waals surface area contributed by atoms with E-state index in [-0.39, 0.29) is 11.7 Å². The predicted molar refractivity (Wildman–Crippen MR) is 93.6 cm³/mol. The lowest BCUT2D eigenvalue weighted by atomic mass is 10.1. The molecule has 0 radical (unpaired) electrons. The molecule has 0 aliphatic carbocycles. The van der Waals surface area contributed by atoms with Crippen molar-refractivity contribution < 1.29 is 13.2 Å². The maximum absolute atomic E-state index is 12.2. The van der Waals surface area contributed by atoms with Crippen molar-refractivity contribution in [3.05, 3.63) is 46.2 Å². The van der Waals surface area contributed by atoms with Crippen LogP contribution in [-0.2, 0) is 21.2 Å². The maximum atomic E-state index is 12.2. The van der Waals surface area contributed by atoms with Crippen LogP contribution >= 0.6 is 11.3 Å². The highest BCUT2D eigenvalue weighted by atomic mass is 32.2. The van der Waals surface area contributed by atoms with Gasteiger partial charge in [0.15, 0.2) is 0 Å². The molecule has 1 aromatic heterocycles. The molecule has 1 amide bonds. The van der Waals surface area contributed by atoms with Crippen LogP contribution in [0, 0.1) is 6.92 Å². The summed E-state index contributed by atoms with van der Waals surface area (Å²) < 4.78 is 25.5. The van der Waals surface area contributed by atoms with E-state index in [1.165, 1.54) is 4.31 Å². The topological polar surface area (TPSA) is 66.5 Å². The van der Waals surface area contributed by atoms with Gasteiger partial charge in [-0.3, -0.25) is 9.10 Å². The highest BCUT2D eigenvalue weighted by Gasteiger charge is 2.28. The minimum absolute atomic E-state index is 0.104. The van der Waals surface area contributed by atoms with Crippen molar-refractivity contribution in [2.75, 3.05) is 21.9 Å². The van der Waals surface area contributed by atoms with Crippen LogP contribution in [0.5, 0.6) is 0 Å². The zero-order valence-corrected chi connectivity index (χ0v) is 14.4. The van der Waals surface area contributed by atoms with Gasteiger partial charge in [-0.05, 0) is 53.4 Å². The number of benzene rings is 1. The van der Waals surface area contributed by atoms with Gasteiger partial charge in [-0.25, -0.2) is 8.42 Å². The van der Waals surface area contributed by atoms with Gasteiger partial charge in [0.2, 0.25) is 15.9 Å². The lowest BCUT2D eigenvalue weighted by Gasteiger charge is -2.19. The summed E-state index contributed by atoms with van der Waals surface area (Å²) in [6.07, 6.45) is 0.950. The summed E-state index contributed by atoms with van der Waals surface area (Å²) in [4.78, 5) is 12.2. The fourth-order valence-electron chi connectivity index (χ4n) is 2.60. The molecule has 2 aromatic rings. The third kappa shape index (κ3) is 3.56. The first-order valence-corrected chi connectivity index (χ1v) is 9.93. The molecule has 122 valence electrons. The van der Waals surface area contributed by atoms with E-state index >= 15 is 0 Å². The molecule has 1 aliphatic rings. The molecule has 0 spiro atoms. The molecule has 1 saturated heterocycles. The van der Waals surface area contributed by atoms with E-state index in [9.17, 15) is 13.2 Å². The Bertz CT molecular complexity index is 814. The third-order valence-corrected chi connectivity index (χ3v) is 6.43. The van der Waals surface area contributed by atoms with Gasteiger partial charge in [0.25, 0.3) is 0 Å². The number of carbonyl (C=O) groups excluding carboxylic acids is 1. The molecular weight excluding hydrogens is 332 g/mol. The zero-order chi connectivity index (χ0) is 16.4. The van der Waals surface area contributed by atoms with Crippen LogP contribution in [0.25, 0.3) is 0 Å². The summed E-state index contributed by atoms with van der Waals surface area (Å²) in [6.45, 7) is 2.39. The Hall–Kier alpha value is -1.86. The fraction of sp³-hybridized carbons (Fsp3) is 0.312. The predicted octanol–water partition coefficient (Wildman–Crippen LogP) is 2.78. The zero-order valence-electron chi connectivity index (χ0n) is 12.8. The van der Waals surface area contributed by atoms with Crippen LogP contribution in [0.15, 0.2) is 35.0 Å². The summed E-state index contributed by atoms with van der Waals surface area (Å²) in [5.41, 5.74) is 3.15. The van der Waals surface area contributed by atoms with E-state index < -0.39 is 10.0 Å². The second-order valence-electron chi connectivity index (χ2n) is 5.60. The Balaban J connectivity index is 1.79. The fourth-order valence-corrected chi connectivity index (χ4v) is 4.83. The van der Waals surface area contributed by atoms with Gasteiger partial charge in [0.05, 0.1) is 17.9 Å². The minimum Gasteiger partial charge on any atom is -0.325 e. The molecule has 1 aromatic carbocycles. The molecule has 1 fully saturated rings. The minimum atomic E-state index is -3.22. The highest BCUT2D eigenvalue weighted by Crippen LogP contribution is 2.28. The quantitative estimate of drug-likeness (QED) is 0.922. The van der Waals surface area contributed by atoms with Crippen molar-refractivity contribution in [3.63, 3.8) is 0 Å². The number of hydrogen-bond donors (Lipinski definition) is 1. The first kappa shape index (κ1) is 16.0. The van der Waals surface area contributed by atoms with Crippen LogP contribution in [0.3, 0.4) is 0 Å². The molecule has 0 unspecified atom stereocenters. The summed E-state index contributed by atoms with van der Waals surface area (Å²) in [5, 5.41) is 6.77. The number of carbonyl (C=O) groups is 1. The molecule has 0 atom stereocenters. The second kappa shape index (κ2) is 6.33. The van der Waals surface area contributed by atoms with E-state index in [1.807, 2.05) is 29.8 Å². The molecule has 3 rings (SSSR count). The van der Waals surface area contributed by atoms with Crippen LogP contribution in [0.1, 0.15) is 17.5 Å². The number of hydrogen-bond acceptors (Lipinski definition) is 4. The van der Waals surface area contributed by atoms with Crippen molar-refractivity contribution in [2.45, 2.75) is 19.8 Å². The summed E-state index contributed by atoms with van der Waals surface area (Å²) in [6, 6.07) is 7.28. The molecular formula is C16H18N2O3S2. The van der Waals surface area contributed by atoms with Gasteiger partial charge in [-0.15, -0.1) is 0 Å². The van der Waals surface area contributed by atoms with Gasteiger partial charge in [-0.1, -0.05) is 6.07 Å². The number of aryl methyl sites for hydroxylation is 1. The van der Waals surface area contributed by atoms with Gasteiger partial charge < -0.3 is 5.32 Å². The molecule has 1 N–H and O–H groups in total. The molecule has 2 heterocycles. The van der Waals surface area contributed by atoms with Gasteiger partial charge in [0, 0.05) is 12.2 Å². The van der Waals surface area contributed by atoms with E-state index in [0.29, 0.717) is 30.8 Å². The Morgan fingerprint density at radius 1 is 1.35 bits per heavy atom. The van der Waals surface area contributed by atoms with Crippen molar-refractivity contribution in [1.29, 1.82) is 0 Å². The molecule has 1 aliphatic heterocycles. The summed E-state index contributed by atoms with van der Waals surface area (Å²) in [7, 11) is -3.22. The number of nitrogens with zero attached hydrogens (tertiary/aromatic N) is 1. The van der Waals surface area contributed by atoms with E-state index in [0.717, 1.165) is 11.1 Å². The molecule has 0 bridgehead atoms. The molecule has 7 heteroatoms. The van der Waals surface area contributed by atoms with E-state index in [2.05, 4.69) is 5.32 Å². The lowest BCUT2D eigenvalue weighted by molar-refractivity contribution is -0.115. The Morgan fingerprint density at radius 2 is 2.17 bits per heavy atom. The van der Waals surface area contributed by atoms with Crippen molar-refractivity contribution in [3.8, 4) is 0 Å². The largest absolute Gasteiger partial charge is 0.325 e. The third-order valence-electron chi connectivity index (χ3n) is 3.83. The number of nitrogens with one attached hydrogen (secondary N) is 1. The van der Waals surface area contributed by atoms with Crippen LogP contribution in [0.4, 0.5) is 11.4 Å². The second-order valence-corrected chi connectivity index (χ2v) is 8.39. The molecule has 5 nitrogen and oxygen atoms in total. The highest BCUT2D eigenvalue weighted by molar-refractivity contribution is 7.93.